The number of carbonyl (C=O) groups is 2. The minimum absolute atomic E-state index is 0.242. The molecule has 0 saturated carbocycles. The smallest absolute Gasteiger partial charge is 0.257 e. The third-order valence-corrected chi connectivity index (χ3v) is 4.08. The number of benzene rings is 2. The first-order valence-electron chi connectivity index (χ1n) is 6.95. The van der Waals surface area contributed by atoms with E-state index in [0.717, 1.165) is 0 Å². The second kappa shape index (κ2) is 6.26. The minimum atomic E-state index is -0.490. The van der Waals surface area contributed by atoms with E-state index < -0.39 is 11.7 Å². The van der Waals surface area contributed by atoms with Gasteiger partial charge in [-0.25, -0.2) is 4.39 Å². The van der Waals surface area contributed by atoms with Gasteiger partial charge in [0.1, 0.15) is 5.82 Å². The van der Waals surface area contributed by atoms with Gasteiger partial charge in [-0.2, -0.15) is 0 Å². The highest BCUT2D eigenvalue weighted by atomic mass is 35.5. The fourth-order valence-electron chi connectivity index (χ4n) is 2.42. The summed E-state index contributed by atoms with van der Waals surface area (Å²) in [4.78, 5) is 24.3. The molecule has 1 heterocycles. The molecule has 0 bridgehead atoms. The van der Waals surface area contributed by atoms with Crippen LogP contribution < -0.4 is 5.32 Å². The lowest BCUT2D eigenvalue weighted by Crippen LogP contribution is -2.12. The summed E-state index contributed by atoms with van der Waals surface area (Å²) in [7, 11) is 0. The zero-order valence-electron chi connectivity index (χ0n) is 12.4. The number of rotatable bonds is 2. The summed E-state index contributed by atoms with van der Waals surface area (Å²) in [5.41, 5.74) is 0.956. The Hall–Kier alpha value is -2.37. The molecule has 0 spiro atoms. The summed E-state index contributed by atoms with van der Waals surface area (Å²) in [5.74, 6) is -1.28. The fraction of sp³-hybridized carbons (Fsp3) is 0.0588. The topological polar surface area (TPSA) is 51.1 Å². The number of fused-ring (bicyclic) bond motifs is 1. The quantitative estimate of drug-likeness (QED) is 0.695. The predicted octanol–water partition coefficient (Wildman–Crippen LogP) is 5.00. The molecule has 1 amide bonds. The number of hydrogen-bond acceptors (Lipinski definition) is 2. The van der Waals surface area contributed by atoms with Gasteiger partial charge in [-0.15, -0.1) is 0 Å². The number of nitrogens with one attached hydrogen (secondary N) is 1. The Kier molecular flexibility index (Phi) is 4.30. The minimum Gasteiger partial charge on any atom is -0.321 e. The third-order valence-electron chi connectivity index (χ3n) is 3.53. The van der Waals surface area contributed by atoms with Gasteiger partial charge in [-0.3, -0.25) is 14.2 Å². The van der Waals surface area contributed by atoms with Gasteiger partial charge < -0.3 is 5.32 Å². The molecule has 1 N–H and O–H groups in total. The van der Waals surface area contributed by atoms with E-state index in [9.17, 15) is 14.0 Å². The summed E-state index contributed by atoms with van der Waals surface area (Å²) in [6.07, 6.45) is 1.38. The van der Waals surface area contributed by atoms with Crippen LogP contribution in [0, 0.1) is 5.82 Å². The molecule has 0 saturated heterocycles. The SMILES string of the molecule is CC(=O)n1cc(C(=O)Nc2ccc(Cl)cc2Cl)c2ccc(F)cc21. The van der Waals surface area contributed by atoms with Gasteiger partial charge in [0.2, 0.25) is 5.91 Å². The van der Waals surface area contributed by atoms with Crippen molar-refractivity contribution in [3.05, 3.63) is 64.0 Å². The summed E-state index contributed by atoms with van der Waals surface area (Å²) < 4.78 is 14.7. The number of carbonyl (C=O) groups excluding carboxylic acids is 2. The maximum Gasteiger partial charge on any atom is 0.257 e. The van der Waals surface area contributed by atoms with E-state index in [1.54, 1.807) is 12.1 Å². The van der Waals surface area contributed by atoms with Crippen molar-refractivity contribution in [1.82, 2.24) is 4.57 Å². The van der Waals surface area contributed by atoms with Crippen LogP contribution in [0.1, 0.15) is 22.1 Å². The molecule has 1 aromatic heterocycles. The average molecular weight is 365 g/mol. The first-order valence-corrected chi connectivity index (χ1v) is 7.70. The highest BCUT2D eigenvalue weighted by Crippen LogP contribution is 2.28. The van der Waals surface area contributed by atoms with Crippen LogP contribution >= 0.6 is 23.2 Å². The third kappa shape index (κ3) is 3.00. The summed E-state index contributed by atoms with van der Waals surface area (Å²) >= 11 is 11.9. The van der Waals surface area contributed by atoms with Crippen molar-refractivity contribution in [2.75, 3.05) is 5.32 Å². The van der Waals surface area contributed by atoms with Crippen molar-refractivity contribution < 1.29 is 14.0 Å². The summed E-state index contributed by atoms with van der Waals surface area (Å²) in [5, 5.41) is 3.87. The molecule has 0 atom stereocenters. The Morgan fingerprint density at radius 3 is 2.54 bits per heavy atom. The van der Waals surface area contributed by atoms with Gasteiger partial charge in [0, 0.05) is 23.5 Å². The molecule has 24 heavy (non-hydrogen) atoms. The van der Waals surface area contributed by atoms with Crippen LogP contribution in [0.2, 0.25) is 10.0 Å². The molecular formula is C17H11Cl2FN2O2. The van der Waals surface area contributed by atoms with Crippen LogP contribution in [0.25, 0.3) is 10.9 Å². The maximum absolute atomic E-state index is 13.5. The van der Waals surface area contributed by atoms with Crippen LogP contribution in [0.5, 0.6) is 0 Å². The number of amides is 1. The molecule has 7 heteroatoms. The normalized spacial score (nSPS) is 10.8. The number of hydrogen-bond donors (Lipinski definition) is 1. The molecule has 122 valence electrons. The van der Waals surface area contributed by atoms with Gasteiger partial charge in [-0.05, 0) is 36.4 Å². The molecule has 0 radical (unpaired) electrons. The molecule has 4 nitrogen and oxygen atoms in total. The second-order valence-corrected chi connectivity index (χ2v) is 6.02. The van der Waals surface area contributed by atoms with Gasteiger partial charge in [0.25, 0.3) is 5.91 Å². The van der Waals surface area contributed by atoms with Crippen molar-refractivity contribution in [2.24, 2.45) is 0 Å². The summed E-state index contributed by atoms with van der Waals surface area (Å²) in [6.45, 7) is 1.34. The van der Waals surface area contributed by atoms with E-state index in [2.05, 4.69) is 5.32 Å². The number of nitrogens with zero attached hydrogens (tertiary/aromatic N) is 1. The van der Waals surface area contributed by atoms with E-state index in [1.165, 1.54) is 42.0 Å². The molecule has 0 aliphatic heterocycles. The Morgan fingerprint density at radius 1 is 1.12 bits per heavy atom. The lowest BCUT2D eigenvalue weighted by molar-refractivity contribution is 0.0941. The molecule has 0 aliphatic carbocycles. The van der Waals surface area contributed by atoms with Crippen LogP contribution in [-0.4, -0.2) is 16.4 Å². The Bertz CT molecular complexity index is 982. The van der Waals surface area contributed by atoms with Gasteiger partial charge in [0.05, 0.1) is 21.8 Å². The monoisotopic (exact) mass is 364 g/mol. The number of anilines is 1. The van der Waals surface area contributed by atoms with Crippen molar-refractivity contribution >= 4 is 51.6 Å². The van der Waals surface area contributed by atoms with E-state index >= 15 is 0 Å². The summed E-state index contributed by atoms with van der Waals surface area (Å²) in [6, 6.07) is 8.58. The van der Waals surface area contributed by atoms with Crippen LogP contribution in [-0.2, 0) is 0 Å². The molecular weight excluding hydrogens is 354 g/mol. The fourth-order valence-corrected chi connectivity index (χ4v) is 2.88. The first-order chi connectivity index (χ1) is 11.4. The first kappa shape index (κ1) is 16.5. The van der Waals surface area contributed by atoms with Crippen molar-refractivity contribution in [1.29, 1.82) is 0 Å². The highest BCUT2D eigenvalue weighted by Gasteiger charge is 2.18. The van der Waals surface area contributed by atoms with E-state index in [4.69, 9.17) is 23.2 Å². The molecule has 3 rings (SSSR count). The largest absolute Gasteiger partial charge is 0.321 e. The zero-order chi connectivity index (χ0) is 17.4. The van der Waals surface area contributed by atoms with Crippen LogP contribution in [0.4, 0.5) is 10.1 Å². The zero-order valence-corrected chi connectivity index (χ0v) is 14.0. The van der Waals surface area contributed by atoms with E-state index in [0.29, 0.717) is 21.6 Å². The molecule has 0 unspecified atom stereocenters. The molecule has 2 aromatic carbocycles. The van der Waals surface area contributed by atoms with E-state index in [-0.39, 0.29) is 16.5 Å². The molecule has 3 aromatic rings. The van der Waals surface area contributed by atoms with Crippen molar-refractivity contribution in [2.45, 2.75) is 6.92 Å². The van der Waals surface area contributed by atoms with Crippen molar-refractivity contribution in [3.8, 4) is 0 Å². The lowest BCUT2D eigenvalue weighted by atomic mass is 10.1. The predicted molar refractivity (Wildman–Crippen MR) is 92.6 cm³/mol. The van der Waals surface area contributed by atoms with Crippen LogP contribution in [0.3, 0.4) is 0 Å². The van der Waals surface area contributed by atoms with Gasteiger partial charge in [-0.1, -0.05) is 23.2 Å². The molecule has 0 fully saturated rings. The number of aromatic nitrogens is 1. The van der Waals surface area contributed by atoms with Crippen LogP contribution in [0.15, 0.2) is 42.6 Å². The van der Waals surface area contributed by atoms with Crippen molar-refractivity contribution in [3.63, 3.8) is 0 Å². The maximum atomic E-state index is 13.5. The standard InChI is InChI=1S/C17H11Cl2FN2O2/c1-9(23)22-8-13(12-4-3-11(20)7-16(12)22)17(24)21-15-5-2-10(18)6-14(15)19/h2-8H,1H3,(H,21,24). The lowest BCUT2D eigenvalue weighted by Gasteiger charge is -2.06. The number of halogens is 3. The second-order valence-electron chi connectivity index (χ2n) is 5.17. The Morgan fingerprint density at radius 2 is 1.88 bits per heavy atom. The molecule has 0 aliphatic rings. The van der Waals surface area contributed by atoms with Gasteiger partial charge in [0.15, 0.2) is 0 Å². The van der Waals surface area contributed by atoms with E-state index in [1.807, 2.05) is 0 Å². The Balaban J connectivity index is 2.05. The Labute approximate surface area is 146 Å². The van der Waals surface area contributed by atoms with Gasteiger partial charge >= 0.3 is 0 Å². The average Bonchev–Trinajstić information content (AvgIpc) is 2.89. The highest BCUT2D eigenvalue weighted by molar-refractivity contribution is 6.37.